The summed E-state index contributed by atoms with van der Waals surface area (Å²) < 4.78 is 5.85. The number of aryl methyl sites for hydroxylation is 2. The molecule has 0 aliphatic rings. The minimum absolute atomic E-state index is 0.185. The molecule has 0 aromatic carbocycles. The van der Waals surface area contributed by atoms with Gasteiger partial charge in [0.15, 0.2) is 0 Å². The molecular weight excluding hydrogens is 230 g/mol. The Morgan fingerprint density at radius 2 is 2.06 bits per heavy atom. The van der Waals surface area contributed by atoms with Gasteiger partial charge in [0.1, 0.15) is 17.6 Å². The molecule has 92 valence electrons. The maximum absolute atomic E-state index is 5.85. The molecule has 2 aromatic heterocycles. The Bertz CT molecular complexity index is 472. The molecule has 0 radical (unpaired) electrons. The molecule has 0 spiro atoms. The number of hydrogen-bond donors (Lipinski definition) is 1. The lowest BCUT2D eigenvalue weighted by atomic mass is 10.1. The summed E-state index contributed by atoms with van der Waals surface area (Å²) in [4.78, 5) is 1.37. The fraction of sp³-hybridized carbons (Fsp3) is 0.429. The standard InChI is InChI=1S/C14H19NOS/c1-4-10-8-9-17-14(10)13(15-3)12-7-6-11(5-2)16-12/h6-9,13,15H,4-5H2,1-3H3. The highest BCUT2D eigenvalue weighted by atomic mass is 32.1. The molecule has 17 heavy (non-hydrogen) atoms. The van der Waals surface area contributed by atoms with Crippen molar-refractivity contribution in [2.75, 3.05) is 7.05 Å². The lowest BCUT2D eigenvalue weighted by Crippen LogP contribution is -2.17. The van der Waals surface area contributed by atoms with Crippen molar-refractivity contribution in [1.29, 1.82) is 0 Å². The van der Waals surface area contributed by atoms with Gasteiger partial charge in [0.2, 0.25) is 0 Å². The Hall–Kier alpha value is -1.06. The average molecular weight is 249 g/mol. The van der Waals surface area contributed by atoms with Crippen LogP contribution in [0, 0.1) is 0 Å². The van der Waals surface area contributed by atoms with E-state index >= 15 is 0 Å². The van der Waals surface area contributed by atoms with E-state index in [9.17, 15) is 0 Å². The van der Waals surface area contributed by atoms with E-state index in [1.165, 1.54) is 10.4 Å². The van der Waals surface area contributed by atoms with Crippen LogP contribution in [-0.4, -0.2) is 7.05 Å². The molecule has 0 aliphatic carbocycles. The van der Waals surface area contributed by atoms with Gasteiger partial charge in [-0.25, -0.2) is 0 Å². The monoisotopic (exact) mass is 249 g/mol. The molecule has 2 nitrogen and oxygen atoms in total. The fourth-order valence-electron chi connectivity index (χ4n) is 2.04. The van der Waals surface area contributed by atoms with Crippen molar-refractivity contribution in [3.8, 4) is 0 Å². The molecule has 0 bridgehead atoms. The van der Waals surface area contributed by atoms with Gasteiger partial charge in [-0.1, -0.05) is 13.8 Å². The van der Waals surface area contributed by atoms with Crippen molar-refractivity contribution in [2.45, 2.75) is 32.7 Å². The van der Waals surface area contributed by atoms with Gasteiger partial charge in [0, 0.05) is 11.3 Å². The van der Waals surface area contributed by atoms with Crippen LogP contribution in [0.5, 0.6) is 0 Å². The first-order chi connectivity index (χ1) is 8.30. The zero-order valence-corrected chi connectivity index (χ0v) is 11.4. The van der Waals surface area contributed by atoms with Crippen molar-refractivity contribution in [2.24, 2.45) is 0 Å². The summed E-state index contributed by atoms with van der Waals surface area (Å²) in [5, 5.41) is 5.50. The highest BCUT2D eigenvalue weighted by Gasteiger charge is 2.19. The number of hydrogen-bond acceptors (Lipinski definition) is 3. The normalized spacial score (nSPS) is 12.9. The van der Waals surface area contributed by atoms with Crippen molar-refractivity contribution >= 4 is 11.3 Å². The third kappa shape index (κ3) is 2.45. The third-order valence-corrected chi connectivity index (χ3v) is 4.05. The molecule has 0 saturated heterocycles. The summed E-state index contributed by atoms with van der Waals surface area (Å²) in [5.41, 5.74) is 1.41. The summed E-state index contributed by atoms with van der Waals surface area (Å²) in [7, 11) is 1.98. The average Bonchev–Trinajstić information content (AvgIpc) is 2.99. The summed E-state index contributed by atoms with van der Waals surface area (Å²) in [6.45, 7) is 4.30. The molecule has 1 N–H and O–H groups in total. The minimum atomic E-state index is 0.185. The van der Waals surface area contributed by atoms with Crippen LogP contribution in [0.1, 0.15) is 41.9 Å². The Kier molecular flexibility index (Phi) is 4.02. The van der Waals surface area contributed by atoms with Crippen molar-refractivity contribution < 1.29 is 4.42 Å². The van der Waals surface area contributed by atoms with Gasteiger partial charge in [-0.05, 0) is 42.6 Å². The number of nitrogens with one attached hydrogen (secondary N) is 1. The molecule has 0 fully saturated rings. The van der Waals surface area contributed by atoms with Crippen LogP contribution < -0.4 is 5.32 Å². The van der Waals surface area contributed by atoms with Gasteiger partial charge >= 0.3 is 0 Å². The van der Waals surface area contributed by atoms with Crippen molar-refractivity contribution in [3.63, 3.8) is 0 Å². The predicted molar refractivity (Wildman–Crippen MR) is 72.7 cm³/mol. The fourth-order valence-corrected chi connectivity index (χ4v) is 3.15. The van der Waals surface area contributed by atoms with Crippen LogP contribution >= 0.6 is 11.3 Å². The third-order valence-electron chi connectivity index (χ3n) is 3.03. The minimum Gasteiger partial charge on any atom is -0.464 e. The van der Waals surface area contributed by atoms with E-state index in [2.05, 4.69) is 42.7 Å². The quantitative estimate of drug-likeness (QED) is 0.872. The van der Waals surface area contributed by atoms with Gasteiger partial charge in [0.25, 0.3) is 0 Å². The van der Waals surface area contributed by atoms with Crippen molar-refractivity contribution in [3.05, 3.63) is 45.5 Å². The van der Waals surface area contributed by atoms with E-state index in [0.717, 1.165) is 24.4 Å². The second kappa shape index (κ2) is 5.52. The summed E-state index contributed by atoms with van der Waals surface area (Å²) in [6.07, 6.45) is 2.01. The van der Waals surface area contributed by atoms with Crippen molar-refractivity contribution in [1.82, 2.24) is 5.32 Å². The molecule has 0 aliphatic heterocycles. The van der Waals surface area contributed by atoms with E-state index in [-0.39, 0.29) is 6.04 Å². The summed E-state index contributed by atoms with van der Waals surface area (Å²) >= 11 is 1.80. The number of thiophene rings is 1. The summed E-state index contributed by atoms with van der Waals surface area (Å²) in [6, 6.07) is 6.54. The second-order valence-electron chi connectivity index (χ2n) is 4.04. The smallest absolute Gasteiger partial charge is 0.126 e. The summed E-state index contributed by atoms with van der Waals surface area (Å²) in [5.74, 6) is 2.07. The number of rotatable bonds is 5. The first kappa shape index (κ1) is 12.4. The van der Waals surface area contributed by atoms with Crippen LogP contribution in [0.4, 0.5) is 0 Å². The first-order valence-electron chi connectivity index (χ1n) is 6.12. The van der Waals surface area contributed by atoms with E-state index in [0.29, 0.717) is 0 Å². The van der Waals surface area contributed by atoms with Crippen LogP contribution in [0.25, 0.3) is 0 Å². The SMILES string of the molecule is CCc1ccc(C(NC)c2sccc2CC)o1. The lowest BCUT2D eigenvalue weighted by molar-refractivity contribution is 0.435. The van der Waals surface area contributed by atoms with Crippen LogP contribution in [0.15, 0.2) is 28.0 Å². The molecule has 1 unspecified atom stereocenters. The van der Waals surface area contributed by atoms with Gasteiger partial charge in [-0.3, -0.25) is 0 Å². The van der Waals surface area contributed by atoms with Crippen LogP contribution in [0.2, 0.25) is 0 Å². The molecule has 0 amide bonds. The van der Waals surface area contributed by atoms with E-state index in [1.54, 1.807) is 11.3 Å². The Balaban J connectivity index is 2.33. The maximum Gasteiger partial charge on any atom is 0.126 e. The molecular formula is C14H19NOS. The Labute approximate surface area is 107 Å². The van der Waals surface area contributed by atoms with Gasteiger partial charge in [-0.15, -0.1) is 11.3 Å². The molecule has 2 rings (SSSR count). The van der Waals surface area contributed by atoms with E-state index in [4.69, 9.17) is 4.42 Å². The first-order valence-corrected chi connectivity index (χ1v) is 7.00. The maximum atomic E-state index is 5.85. The Morgan fingerprint density at radius 3 is 2.65 bits per heavy atom. The van der Waals surface area contributed by atoms with Gasteiger partial charge in [-0.2, -0.15) is 0 Å². The van der Waals surface area contributed by atoms with Crippen LogP contribution in [0.3, 0.4) is 0 Å². The van der Waals surface area contributed by atoms with E-state index < -0.39 is 0 Å². The second-order valence-corrected chi connectivity index (χ2v) is 4.99. The lowest BCUT2D eigenvalue weighted by Gasteiger charge is -2.14. The molecule has 0 saturated carbocycles. The van der Waals surface area contributed by atoms with Gasteiger partial charge < -0.3 is 9.73 Å². The van der Waals surface area contributed by atoms with Gasteiger partial charge in [0.05, 0.1) is 0 Å². The molecule has 1 atom stereocenters. The van der Waals surface area contributed by atoms with E-state index in [1.807, 2.05) is 7.05 Å². The molecule has 2 aromatic rings. The molecule has 3 heteroatoms. The zero-order valence-electron chi connectivity index (χ0n) is 10.6. The predicted octanol–water partition coefficient (Wildman–Crippen LogP) is 3.77. The zero-order chi connectivity index (χ0) is 12.3. The Morgan fingerprint density at radius 1 is 1.24 bits per heavy atom. The highest BCUT2D eigenvalue weighted by Crippen LogP contribution is 2.31. The topological polar surface area (TPSA) is 25.2 Å². The van der Waals surface area contributed by atoms with Crippen LogP contribution in [-0.2, 0) is 12.8 Å². The molecule has 2 heterocycles. The highest BCUT2D eigenvalue weighted by molar-refractivity contribution is 7.10. The largest absolute Gasteiger partial charge is 0.464 e. The number of furan rings is 1.